The van der Waals surface area contributed by atoms with Crippen LogP contribution < -0.4 is 5.32 Å². The molecule has 3 aliphatic carbocycles. The average Bonchev–Trinajstić information content (AvgIpc) is 3.23. The number of aliphatic hydroxyl groups is 1. The molecular formula is C17H31NO2. The van der Waals surface area contributed by atoms with Gasteiger partial charge in [0.15, 0.2) is 0 Å². The molecule has 0 aliphatic heterocycles. The summed E-state index contributed by atoms with van der Waals surface area (Å²) in [4.78, 5) is 0. The normalized spacial score (nSPS) is 42.6. The number of rotatable bonds is 5. The first-order chi connectivity index (χ1) is 9.69. The number of hydrogen-bond acceptors (Lipinski definition) is 3. The number of aliphatic hydroxyl groups excluding tert-OH is 1. The minimum Gasteiger partial charge on any atom is -0.394 e. The van der Waals surface area contributed by atoms with E-state index in [1.54, 1.807) is 0 Å². The van der Waals surface area contributed by atoms with Crippen molar-refractivity contribution in [2.75, 3.05) is 6.61 Å². The Morgan fingerprint density at radius 2 is 1.90 bits per heavy atom. The molecule has 3 saturated carbocycles. The molecule has 0 amide bonds. The lowest BCUT2D eigenvalue weighted by Crippen LogP contribution is -2.54. The second kappa shape index (κ2) is 6.33. The van der Waals surface area contributed by atoms with Gasteiger partial charge in [-0.1, -0.05) is 19.8 Å². The molecule has 0 radical (unpaired) electrons. The zero-order chi connectivity index (χ0) is 14.0. The van der Waals surface area contributed by atoms with E-state index >= 15 is 0 Å². The second-order valence-electron chi connectivity index (χ2n) is 7.61. The zero-order valence-electron chi connectivity index (χ0n) is 12.9. The fourth-order valence-corrected chi connectivity index (χ4v) is 4.18. The maximum Gasteiger partial charge on any atom is 0.0614 e. The van der Waals surface area contributed by atoms with Crippen LogP contribution >= 0.6 is 0 Å². The fourth-order valence-electron chi connectivity index (χ4n) is 4.18. The molecule has 3 nitrogen and oxygen atoms in total. The Balaban J connectivity index is 1.53. The predicted octanol–water partition coefficient (Wildman–Crippen LogP) is 3.01. The van der Waals surface area contributed by atoms with Crippen LogP contribution in [0.2, 0.25) is 0 Å². The molecule has 0 bridgehead atoms. The summed E-state index contributed by atoms with van der Waals surface area (Å²) in [5.74, 6) is 0.824. The molecule has 3 aliphatic rings. The van der Waals surface area contributed by atoms with Crippen molar-refractivity contribution < 1.29 is 9.84 Å². The minimum atomic E-state index is -0.0512. The summed E-state index contributed by atoms with van der Waals surface area (Å²) < 4.78 is 6.41. The summed E-state index contributed by atoms with van der Waals surface area (Å²) in [5, 5.41) is 13.6. The van der Waals surface area contributed by atoms with E-state index < -0.39 is 0 Å². The van der Waals surface area contributed by atoms with E-state index in [-0.39, 0.29) is 12.1 Å². The second-order valence-corrected chi connectivity index (χ2v) is 7.61. The molecule has 20 heavy (non-hydrogen) atoms. The third kappa shape index (κ3) is 3.75. The van der Waals surface area contributed by atoms with E-state index in [0.717, 1.165) is 18.8 Å². The first-order valence-corrected chi connectivity index (χ1v) is 8.73. The van der Waals surface area contributed by atoms with Crippen molar-refractivity contribution in [2.24, 2.45) is 5.92 Å². The SMILES string of the molecule is CC1CCCC(OC2CCCC(CO)(NC3CC3)C2)C1. The number of ether oxygens (including phenoxy) is 1. The highest BCUT2D eigenvalue weighted by atomic mass is 16.5. The summed E-state index contributed by atoms with van der Waals surface area (Å²) in [5.41, 5.74) is -0.0512. The third-order valence-corrected chi connectivity index (χ3v) is 5.46. The van der Waals surface area contributed by atoms with Gasteiger partial charge in [-0.3, -0.25) is 0 Å². The van der Waals surface area contributed by atoms with Crippen LogP contribution in [-0.2, 0) is 4.74 Å². The van der Waals surface area contributed by atoms with Gasteiger partial charge in [-0.25, -0.2) is 0 Å². The summed E-state index contributed by atoms with van der Waals surface area (Å²) in [6.07, 6.45) is 13.1. The van der Waals surface area contributed by atoms with Crippen molar-refractivity contribution in [1.82, 2.24) is 5.32 Å². The highest BCUT2D eigenvalue weighted by Crippen LogP contribution is 2.36. The lowest BCUT2D eigenvalue weighted by Gasteiger charge is -2.42. The molecule has 3 fully saturated rings. The van der Waals surface area contributed by atoms with Crippen molar-refractivity contribution in [3.8, 4) is 0 Å². The molecule has 4 atom stereocenters. The standard InChI is InChI=1S/C17H31NO2/c1-13-4-2-5-15(10-13)20-16-6-3-9-17(11-16,12-19)18-14-7-8-14/h13-16,18-19H,2-12H2,1H3. The van der Waals surface area contributed by atoms with Crippen molar-refractivity contribution in [3.05, 3.63) is 0 Å². The van der Waals surface area contributed by atoms with Gasteiger partial charge in [-0.05, 0) is 57.3 Å². The van der Waals surface area contributed by atoms with E-state index in [1.165, 1.54) is 51.4 Å². The van der Waals surface area contributed by atoms with Crippen LogP contribution in [0, 0.1) is 5.92 Å². The Morgan fingerprint density at radius 1 is 1.10 bits per heavy atom. The van der Waals surface area contributed by atoms with Crippen molar-refractivity contribution in [2.45, 2.75) is 94.9 Å². The molecule has 0 aromatic carbocycles. The highest BCUT2D eigenvalue weighted by Gasteiger charge is 2.40. The Hall–Kier alpha value is -0.120. The van der Waals surface area contributed by atoms with Crippen LogP contribution in [0.25, 0.3) is 0 Å². The Kier molecular flexibility index (Phi) is 4.68. The summed E-state index contributed by atoms with van der Waals surface area (Å²) >= 11 is 0. The highest BCUT2D eigenvalue weighted by molar-refractivity contribution is 4.99. The van der Waals surface area contributed by atoms with Gasteiger partial charge in [-0.2, -0.15) is 0 Å². The molecule has 2 N–H and O–H groups in total. The molecule has 116 valence electrons. The monoisotopic (exact) mass is 281 g/mol. The van der Waals surface area contributed by atoms with Gasteiger partial charge < -0.3 is 15.2 Å². The largest absolute Gasteiger partial charge is 0.394 e. The molecule has 0 aromatic heterocycles. The summed E-state index contributed by atoms with van der Waals surface area (Å²) in [6.45, 7) is 2.62. The smallest absolute Gasteiger partial charge is 0.0614 e. The van der Waals surface area contributed by atoms with E-state index in [2.05, 4.69) is 12.2 Å². The van der Waals surface area contributed by atoms with E-state index in [9.17, 15) is 5.11 Å². The molecule has 0 saturated heterocycles. The summed E-state index contributed by atoms with van der Waals surface area (Å²) in [6, 6.07) is 0.663. The number of nitrogens with one attached hydrogen (secondary N) is 1. The van der Waals surface area contributed by atoms with Crippen LogP contribution in [0.3, 0.4) is 0 Å². The molecule has 0 aromatic rings. The number of hydrogen-bond donors (Lipinski definition) is 2. The molecule has 3 heteroatoms. The van der Waals surface area contributed by atoms with Crippen molar-refractivity contribution in [3.63, 3.8) is 0 Å². The van der Waals surface area contributed by atoms with E-state index in [0.29, 0.717) is 18.2 Å². The van der Waals surface area contributed by atoms with Gasteiger partial charge in [0.2, 0.25) is 0 Å². The van der Waals surface area contributed by atoms with Gasteiger partial charge in [0.1, 0.15) is 0 Å². The predicted molar refractivity (Wildman–Crippen MR) is 80.7 cm³/mol. The molecule has 4 unspecified atom stereocenters. The van der Waals surface area contributed by atoms with Crippen molar-refractivity contribution in [1.29, 1.82) is 0 Å². The Bertz CT molecular complexity index is 318. The average molecular weight is 281 g/mol. The van der Waals surface area contributed by atoms with Gasteiger partial charge in [0, 0.05) is 11.6 Å². The maximum atomic E-state index is 9.87. The third-order valence-electron chi connectivity index (χ3n) is 5.46. The molecular weight excluding hydrogens is 250 g/mol. The Morgan fingerprint density at radius 3 is 2.60 bits per heavy atom. The molecule has 0 spiro atoms. The van der Waals surface area contributed by atoms with Crippen LogP contribution in [0.15, 0.2) is 0 Å². The zero-order valence-corrected chi connectivity index (χ0v) is 12.9. The first kappa shape index (κ1) is 14.8. The van der Waals surface area contributed by atoms with Crippen LogP contribution in [-0.4, -0.2) is 35.5 Å². The van der Waals surface area contributed by atoms with E-state index in [1.807, 2.05) is 0 Å². The Labute approximate surface area is 123 Å². The maximum absolute atomic E-state index is 9.87. The minimum absolute atomic E-state index is 0.0512. The van der Waals surface area contributed by atoms with E-state index in [4.69, 9.17) is 4.74 Å². The topological polar surface area (TPSA) is 41.5 Å². The van der Waals surface area contributed by atoms with Crippen LogP contribution in [0.4, 0.5) is 0 Å². The first-order valence-electron chi connectivity index (χ1n) is 8.73. The van der Waals surface area contributed by atoms with Gasteiger partial charge in [0.05, 0.1) is 18.8 Å². The van der Waals surface area contributed by atoms with Gasteiger partial charge in [0.25, 0.3) is 0 Å². The van der Waals surface area contributed by atoms with Crippen LogP contribution in [0.1, 0.15) is 71.1 Å². The quantitative estimate of drug-likeness (QED) is 0.814. The van der Waals surface area contributed by atoms with Gasteiger partial charge in [-0.15, -0.1) is 0 Å². The lowest BCUT2D eigenvalue weighted by molar-refractivity contribution is -0.0749. The van der Waals surface area contributed by atoms with Gasteiger partial charge >= 0.3 is 0 Å². The van der Waals surface area contributed by atoms with Crippen LogP contribution in [0.5, 0.6) is 0 Å². The fraction of sp³-hybridized carbons (Fsp3) is 1.00. The molecule has 3 rings (SSSR count). The molecule has 0 heterocycles. The van der Waals surface area contributed by atoms with Crippen molar-refractivity contribution >= 4 is 0 Å². The lowest BCUT2D eigenvalue weighted by atomic mass is 9.80. The summed E-state index contributed by atoms with van der Waals surface area (Å²) in [7, 11) is 0.